The number of carbonyl (C=O) groups excluding carboxylic acids is 1. The molecular formula is C29H29NO4. The molecule has 0 radical (unpaired) electrons. The Morgan fingerprint density at radius 1 is 0.941 bits per heavy atom. The lowest BCUT2D eigenvalue weighted by atomic mass is 9.86. The molecule has 0 bridgehead atoms. The third-order valence-corrected chi connectivity index (χ3v) is 5.74. The van der Waals surface area contributed by atoms with Gasteiger partial charge in [0.25, 0.3) is 5.91 Å². The summed E-state index contributed by atoms with van der Waals surface area (Å²) in [4.78, 5) is 26.1. The van der Waals surface area contributed by atoms with Crippen LogP contribution in [0.4, 0.5) is 0 Å². The van der Waals surface area contributed by atoms with Crippen LogP contribution in [-0.4, -0.2) is 12.0 Å². The number of para-hydroxylation sites is 1. The van der Waals surface area contributed by atoms with Crippen molar-refractivity contribution in [1.29, 1.82) is 0 Å². The Morgan fingerprint density at radius 3 is 2.26 bits per heavy atom. The molecule has 0 aliphatic rings. The molecule has 0 fully saturated rings. The van der Waals surface area contributed by atoms with Gasteiger partial charge in [-0.15, -0.1) is 0 Å². The Bertz CT molecular complexity index is 1350. The van der Waals surface area contributed by atoms with Crippen LogP contribution >= 0.6 is 0 Å². The lowest BCUT2D eigenvalue weighted by molar-refractivity contribution is -0.127. The van der Waals surface area contributed by atoms with Gasteiger partial charge in [-0.1, -0.05) is 87.5 Å². The highest BCUT2D eigenvalue weighted by molar-refractivity contribution is 5.84. The fraction of sp³-hybridized carbons (Fsp3) is 0.241. The van der Waals surface area contributed by atoms with Gasteiger partial charge in [0.15, 0.2) is 11.9 Å². The van der Waals surface area contributed by atoms with Crippen molar-refractivity contribution in [2.24, 2.45) is 0 Å². The van der Waals surface area contributed by atoms with Crippen molar-refractivity contribution < 1.29 is 13.9 Å². The average molecular weight is 456 g/mol. The van der Waals surface area contributed by atoms with E-state index in [1.54, 1.807) is 25.1 Å². The maximum Gasteiger partial charge on any atom is 0.261 e. The van der Waals surface area contributed by atoms with Crippen LogP contribution in [0.5, 0.6) is 5.75 Å². The molecule has 34 heavy (non-hydrogen) atoms. The van der Waals surface area contributed by atoms with Crippen molar-refractivity contribution in [3.8, 4) is 17.1 Å². The number of hydrogen-bond acceptors (Lipinski definition) is 4. The second kappa shape index (κ2) is 9.56. The molecule has 3 aromatic carbocycles. The van der Waals surface area contributed by atoms with Crippen molar-refractivity contribution in [1.82, 2.24) is 5.32 Å². The van der Waals surface area contributed by atoms with Crippen molar-refractivity contribution in [2.75, 3.05) is 0 Å². The van der Waals surface area contributed by atoms with Crippen molar-refractivity contribution in [3.05, 3.63) is 100 Å². The molecule has 1 N–H and O–H groups in total. The fourth-order valence-electron chi connectivity index (χ4n) is 3.70. The first-order valence-electron chi connectivity index (χ1n) is 11.4. The monoisotopic (exact) mass is 455 g/mol. The number of nitrogens with one attached hydrogen (secondary N) is 1. The summed E-state index contributed by atoms with van der Waals surface area (Å²) < 4.78 is 12.1. The zero-order chi connectivity index (χ0) is 24.3. The summed E-state index contributed by atoms with van der Waals surface area (Å²) in [5.74, 6) is 0.0295. The summed E-state index contributed by atoms with van der Waals surface area (Å²) in [6.45, 7) is 8.43. The number of benzene rings is 3. The number of hydrogen-bond donors (Lipinski definition) is 1. The van der Waals surface area contributed by atoms with E-state index in [9.17, 15) is 9.59 Å². The molecule has 5 nitrogen and oxygen atoms in total. The predicted molar refractivity (Wildman–Crippen MR) is 135 cm³/mol. The van der Waals surface area contributed by atoms with Gasteiger partial charge in [-0.05, 0) is 35.6 Å². The van der Waals surface area contributed by atoms with Crippen LogP contribution in [0.3, 0.4) is 0 Å². The summed E-state index contributed by atoms with van der Waals surface area (Å²) in [7, 11) is 0. The normalized spacial score (nSPS) is 12.4. The summed E-state index contributed by atoms with van der Waals surface area (Å²) in [5.41, 5.74) is 3.01. The highest BCUT2D eigenvalue weighted by Gasteiger charge is 2.23. The van der Waals surface area contributed by atoms with Gasteiger partial charge in [-0.2, -0.15) is 0 Å². The number of amides is 1. The molecule has 1 unspecified atom stereocenters. The smallest absolute Gasteiger partial charge is 0.261 e. The number of fused-ring (bicyclic) bond motifs is 1. The molecule has 5 heteroatoms. The average Bonchev–Trinajstić information content (AvgIpc) is 2.84. The van der Waals surface area contributed by atoms with E-state index in [-0.39, 0.29) is 22.5 Å². The summed E-state index contributed by atoms with van der Waals surface area (Å²) >= 11 is 0. The van der Waals surface area contributed by atoms with Crippen LogP contribution < -0.4 is 15.5 Å². The van der Waals surface area contributed by atoms with Crippen LogP contribution in [0.1, 0.15) is 38.8 Å². The summed E-state index contributed by atoms with van der Waals surface area (Å²) in [6, 6.07) is 24.5. The minimum absolute atomic E-state index is 0.00651. The Labute approximate surface area is 199 Å². The third-order valence-electron chi connectivity index (χ3n) is 5.74. The molecule has 0 spiro atoms. The molecule has 1 amide bonds. The highest BCUT2D eigenvalue weighted by Crippen LogP contribution is 2.33. The number of carbonyl (C=O) groups is 1. The van der Waals surface area contributed by atoms with Gasteiger partial charge >= 0.3 is 0 Å². The largest absolute Gasteiger partial charge is 0.473 e. The fourth-order valence-corrected chi connectivity index (χ4v) is 3.70. The molecule has 174 valence electrons. The maximum atomic E-state index is 13.4. The van der Waals surface area contributed by atoms with E-state index in [0.29, 0.717) is 28.8 Å². The molecule has 4 rings (SSSR count). The standard InChI is InChI=1S/C29H29NO4/c1-19(28(32)30-18-20-10-6-5-7-11-20)33-27-25(31)23-12-8-9-13-24(23)34-26(27)21-14-16-22(17-15-21)29(2,3)4/h5-17,19H,18H2,1-4H3,(H,30,32). The predicted octanol–water partition coefficient (Wildman–Crippen LogP) is 5.84. The number of ether oxygens (including phenoxy) is 1. The van der Waals surface area contributed by atoms with E-state index in [4.69, 9.17) is 9.15 Å². The van der Waals surface area contributed by atoms with Crippen molar-refractivity contribution in [3.63, 3.8) is 0 Å². The Kier molecular flexibility index (Phi) is 6.55. The van der Waals surface area contributed by atoms with E-state index in [1.807, 2.05) is 60.7 Å². The van der Waals surface area contributed by atoms with E-state index in [1.165, 1.54) is 0 Å². The van der Waals surface area contributed by atoms with Gasteiger partial charge in [0.2, 0.25) is 11.2 Å². The first-order chi connectivity index (χ1) is 16.2. The molecule has 0 aliphatic carbocycles. The van der Waals surface area contributed by atoms with Crippen molar-refractivity contribution in [2.45, 2.75) is 45.8 Å². The van der Waals surface area contributed by atoms with Gasteiger partial charge < -0.3 is 14.5 Å². The zero-order valence-corrected chi connectivity index (χ0v) is 19.9. The minimum Gasteiger partial charge on any atom is -0.473 e. The lowest BCUT2D eigenvalue weighted by Crippen LogP contribution is -2.36. The molecule has 1 heterocycles. The Hall–Kier alpha value is -3.86. The van der Waals surface area contributed by atoms with Crippen LogP contribution in [0.25, 0.3) is 22.3 Å². The SMILES string of the molecule is CC(Oc1c(-c2ccc(C(C)(C)C)cc2)oc2ccccc2c1=O)C(=O)NCc1ccccc1. The van der Waals surface area contributed by atoms with E-state index >= 15 is 0 Å². The molecule has 1 atom stereocenters. The van der Waals surface area contributed by atoms with Crippen LogP contribution in [0, 0.1) is 0 Å². The van der Waals surface area contributed by atoms with Gasteiger partial charge in [-0.25, -0.2) is 0 Å². The molecule has 1 aromatic heterocycles. The van der Waals surface area contributed by atoms with Crippen molar-refractivity contribution >= 4 is 16.9 Å². The zero-order valence-electron chi connectivity index (χ0n) is 19.9. The summed E-state index contributed by atoms with van der Waals surface area (Å²) in [5, 5.41) is 3.27. The molecule has 0 saturated heterocycles. The maximum absolute atomic E-state index is 13.4. The Balaban J connectivity index is 1.67. The Morgan fingerprint density at radius 2 is 1.59 bits per heavy atom. The minimum atomic E-state index is -0.889. The second-order valence-corrected chi connectivity index (χ2v) is 9.38. The van der Waals surface area contributed by atoms with E-state index in [2.05, 4.69) is 26.1 Å². The molecular weight excluding hydrogens is 426 g/mol. The molecule has 0 aliphatic heterocycles. The van der Waals surface area contributed by atoms with Gasteiger partial charge in [0.05, 0.1) is 5.39 Å². The third kappa shape index (κ3) is 5.04. The number of rotatable bonds is 6. The first kappa shape index (κ1) is 23.3. The molecule has 4 aromatic rings. The topological polar surface area (TPSA) is 68.5 Å². The van der Waals surface area contributed by atoms with Crippen LogP contribution in [0.2, 0.25) is 0 Å². The lowest BCUT2D eigenvalue weighted by Gasteiger charge is -2.20. The van der Waals surface area contributed by atoms with Gasteiger partial charge in [-0.3, -0.25) is 9.59 Å². The first-order valence-corrected chi connectivity index (χ1v) is 11.4. The second-order valence-electron chi connectivity index (χ2n) is 9.38. The van der Waals surface area contributed by atoms with E-state index < -0.39 is 6.10 Å². The van der Waals surface area contributed by atoms with Crippen LogP contribution in [0.15, 0.2) is 88.1 Å². The quantitative estimate of drug-likeness (QED) is 0.396. The molecule has 0 saturated carbocycles. The van der Waals surface area contributed by atoms with Crippen LogP contribution in [-0.2, 0) is 16.8 Å². The summed E-state index contributed by atoms with van der Waals surface area (Å²) in [6.07, 6.45) is -0.889. The highest BCUT2D eigenvalue weighted by atomic mass is 16.5. The van der Waals surface area contributed by atoms with Gasteiger partial charge in [0.1, 0.15) is 5.58 Å². The van der Waals surface area contributed by atoms with E-state index in [0.717, 1.165) is 11.1 Å². The van der Waals surface area contributed by atoms with Gasteiger partial charge in [0, 0.05) is 12.1 Å².